The predicted octanol–water partition coefficient (Wildman–Crippen LogP) is 3.68. The van der Waals surface area contributed by atoms with Crippen LogP contribution in [0.2, 0.25) is 0 Å². The van der Waals surface area contributed by atoms with E-state index >= 15 is 0 Å². The minimum Gasteiger partial charge on any atom is -0.442 e. The summed E-state index contributed by atoms with van der Waals surface area (Å²) in [7, 11) is 0. The van der Waals surface area contributed by atoms with Crippen molar-refractivity contribution in [2.75, 3.05) is 0 Å². The van der Waals surface area contributed by atoms with Crippen molar-refractivity contribution < 1.29 is 18.4 Å². The van der Waals surface area contributed by atoms with Crippen LogP contribution in [0.3, 0.4) is 0 Å². The number of carbonyl (C=O) groups excluding carboxylic acids is 1. The van der Waals surface area contributed by atoms with Crippen molar-refractivity contribution in [3.8, 4) is 5.75 Å². The van der Waals surface area contributed by atoms with Gasteiger partial charge in [-0.25, -0.2) is 9.59 Å². The molecule has 3 aromatic rings. The normalized spacial score (nSPS) is 10.8. The fourth-order valence-electron chi connectivity index (χ4n) is 1.95. The first-order valence-corrected chi connectivity index (χ1v) is 6.84. The first-order valence-electron chi connectivity index (χ1n) is 6.05. The first-order chi connectivity index (χ1) is 10.0. The summed E-state index contributed by atoms with van der Waals surface area (Å²) in [4.78, 5) is 23.2. The Labute approximate surface area is 127 Å². The zero-order valence-electron chi connectivity index (χ0n) is 10.9. The third kappa shape index (κ3) is 2.75. The van der Waals surface area contributed by atoms with E-state index in [2.05, 4.69) is 15.9 Å². The van der Waals surface area contributed by atoms with Crippen LogP contribution < -0.4 is 10.4 Å². The van der Waals surface area contributed by atoms with Gasteiger partial charge in [-0.3, -0.25) is 0 Å². The summed E-state index contributed by atoms with van der Waals surface area (Å²) >= 11 is 3.11. The highest BCUT2D eigenvalue weighted by molar-refractivity contribution is 9.10. The van der Waals surface area contributed by atoms with Crippen molar-refractivity contribution in [3.63, 3.8) is 0 Å². The van der Waals surface area contributed by atoms with Gasteiger partial charge in [-0.15, -0.1) is 0 Å². The molecule has 0 fully saturated rings. The summed E-state index contributed by atoms with van der Waals surface area (Å²) in [6, 6.07) is 9.37. The molecule has 0 aliphatic heterocycles. The zero-order valence-corrected chi connectivity index (χ0v) is 12.5. The van der Waals surface area contributed by atoms with Crippen molar-refractivity contribution in [3.05, 3.63) is 62.8 Å². The van der Waals surface area contributed by atoms with Gasteiger partial charge >= 0.3 is 11.6 Å². The van der Waals surface area contributed by atoms with E-state index in [-0.39, 0.29) is 11.5 Å². The van der Waals surface area contributed by atoms with E-state index in [1.165, 1.54) is 18.2 Å². The molecule has 0 amide bonds. The number of hydrogen-bond acceptors (Lipinski definition) is 5. The molecule has 0 atom stereocenters. The van der Waals surface area contributed by atoms with Gasteiger partial charge < -0.3 is 13.6 Å². The van der Waals surface area contributed by atoms with Gasteiger partial charge in [-0.2, -0.15) is 0 Å². The minimum atomic E-state index is -0.630. The molecule has 6 heteroatoms. The fraction of sp³-hybridized carbons (Fsp3) is 0.0667. The number of ether oxygens (including phenoxy) is 1. The van der Waals surface area contributed by atoms with Crippen LogP contribution in [0.4, 0.5) is 0 Å². The van der Waals surface area contributed by atoms with Crippen LogP contribution in [-0.4, -0.2) is 5.97 Å². The second-order valence-electron chi connectivity index (χ2n) is 4.40. The molecule has 3 rings (SSSR count). The molecule has 2 heterocycles. The molecule has 0 saturated heterocycles. The molecule has 0 bridgehead atoms. The van der Waals surface area contributed by atoms with Crippen molar-refractivity contribution in [2.24, 2.45) is 0 Å². The van der Waals surface area contributed by atoms with Gasteiger partial charge in [-0.05, 0) is 52.7 Å². The maximum atomic E-state index is 11.9. The Bertz CT molecular complexity index is 890. The Kier molecular flexibility index (Phi) is 3.39. The van der Waals surface area contributed by atoms with Gasteiger partial charge in [0, 0.05) is 17.5 Å². The number of carbonyl (C=O) groups is 1. The Morgan fingerprint density at radius 3 is 2.67 bits per heavy atom. The van der Waals surface area contributed by atoms with Gasteiger partial charge in [0.2, 0.25) is 5.76 Å². The van der Waals surface area contributed by atoms with Crippen LogP contribution in [0.1, 0.15) is 16.1 Å². The number of esters is 1. The molecule has 2 aromatic heterocycles. The molecule has 1 aromatic carbocycles. The van der Waals surface area contributed by atoms with E-state index in [0.717, 1.165) is 10.9 Å². The third-order valence-corrected chi connectivity index (χ3v) is 3.33. The fourth-order valence-corrected chi connectivity index (χ4v) is 2.26. The van der Waals surface area contributed by atoms with Gasteiger partial charge in [-0.1, -0.05) is 0 Å². The van der Waals surface area contributed by atoms with E-state index in [9.17, 15) is 9.59 Å². The van der Waals surface area contributed by atoms with Crippen molar-refractivity contribution in [1.82, 2.24) is 0 Å². The first kappa shape index (κ1) is 13.6. The number of rotatable bonds is 2. The van der Waals surface area contributed by atoms with Crippen molar-refractivity contribution in [2.45, 2.75) is 6.92 Å². The van der Waals surface area contributed by atoms with Gasteiger partial charge in [0.1, 0.15) is 11.3 Å². The lowest BCUT2D eigenvalue weighted by molar-refractivity contribution is 0.0700. The largest absolute Gasteiger partial charge is 0.442 e. The Hall–Kier alpha value is -2.34. The second-order valence-corrected chi connectivity index (χ2v) is 5.18. The van der Waals surface area contributed by atoms with E-state index < -0.39 is 11.6 Å². The molecule has 106 valence electrons. The number of aryl methyl sites for hydroxylation is 1. The highest BCUT2D eigenvalue weighted by Gasteiger charge is 2.14. The standard InChI is InChI=1S/C15H9BrO5/c1-8-6-14(17)21-12-7-9(2-3-10(8)12)19-15(18)11-4-5-13(16)20-11/h2-7H,1H3. The highest BCUT2D eigenvalue weighted by atomic mass is 79.9. The van der Waals surface area contributed by atoms with E-state index in [1.54, 1.807) is 18.2 Å². The average Bonchev–Trinajstić information content (AvgIpc) is 2.85. The van der Waals surface area contributed by atoms with Gasteiger partial charge in [0.15, 0.2) is 4.67 Å². The predicted molar refractivity (Wildman–Crippen MR) is 78.6 cm³/mol. The zero-order chi connectivity index (χ0) is 15.0. The van der Waals surface area contributed by atoms with Gasteiger partial charge in [0.05, 0.1) is 0 Å². The SMILES string of the molecule is Cc1cc(=O)oc2cc(OC(=O)c3ccc(Br)o3)ccc12. The minimum absolute atomic E-state index is 0.0765. The van der Waals surface area contributed by atoms with Crippen LogP contribution in [0.5, 0.6) is 5.75 Å². The molecule has 0 spiro atoms. The molecule has 21 heavy (non-hydrogen) atoms. The maximum absolute atomic E-state index is 11.9. The number of halogens is 1. The molecule has 0 radical (unpaired) electrons. The van der Waals surface area contributed by atoms with E-state index in [1.807, 2.05) is 6.92 Å². The smallest absolute Gasteiger partial charge is 0.379 e. The Morgan fingerprint density at radius 2 is 1.95 bits per heavy atom. The summed E-state index contributed by atoms with van der Waals surface area (Å²) < 4.78 is 15.8. The molecule has 0 aliphatic carbocycles. The molecule has 5 nitrogen and oxygen atoms in total. The molecule has 0 unspecified atom stereocenters. The summed E-state index contributed by atoms with van der Waals surface area (Å²) in [6.45, 7) is 1.81. The summed E-state index contributed by atoms with van der Waals surface area (Å²) in [5, 5.41) is 0.787. The lowest BCUT2D eigenvalue weighted by Crippen LogP contribution is -2.07. The molecule has 0 saturated carbocycles. The topological polar surface area (TPSA) is 69.7 Å². The lowest BCUT2D eigenvalue weighted by atomic mass is 10.1. The highest BCUT2D eigenvalue weighted by Crippen LogP contribution is 2.23. The van der Waals surface area contributed by atoms with Crippen LogP contribution in [0.25, 0.3) is 11.0 Å². The van der Waals surface area contributed by atoms with Gasteiger partial charge in [0.25, 0.3) is 0 Å². The van der Waals surface area contributed by atoms with E-state index in [0.29, 0.717) is 10.3 Å². The van der Waals surface area contributed by atoms with Crippen LogP contribution >= 0.6 is 15.9 Å². The number of fused-ring (bicyclic) bond motifs is 1. The van der Waals surface area contributed by atoms with Crippen LogP contribution in [0.15, 0.2) is 54.7 Å². The lowest BCUT2D eigenvalue weighted by Gasteiger charge is -2.04. The number of benzene rings is 1. The van der Waals surface area contributed by atoms with Crippen LogP contribution in [-0.2, 0) is 0 Å². The van der Waals surface area contributed by atoms with Crippen molar-refractivity contribution >= 4 is 32.9 Å². The number of furan rings is 1. The molecular formula is C15H9BrO5. The molecular weight excluding hydrogens is 340 g/mol. The monoisotopic (exact) mass is 348 g/mol. The maximum Gasteiger partial charge on any atom is 0.379 e. The average molecular weight is 349 g/mol. The Balaban J connectivity index is 1.94. The Morgan fingerprint density at radius 1 is 1.14 bits per heavy atom. The quantitative estimate of drug-likeness (QED) is 0.401. The summed E-state index contributed by atoms with van der Waals surface area (Å²) in [6.07, 6.45) is 0. The van der Waals surface area contributed by atoms with Crippen molar-refractivity contribution in [1.29, 1.82) is 0 Å². The van der Waals surface area contributed by atoms with E-state index in [4.69, 9.17) is 13.6 Å². The second kappa shape index (κ2) is 5.21. The molecule has 0 N–H and O–H groups in total. The third-order valence-electron chi connectivity index (χ3n) is 2.91. The molecule has 0 aliphatic rings. The van der Waals surface area contributed by atoms with Crippen LogP contribution in [0, 0.1) is 6.92 Å². The summed E-state index contributed by atoms with van der Waals surface area (Å²) in [5.41, 5.74) is 0.721. The number of hydrogen-bond donors (Lipinski definition) is 0. The summed E-state index contributed by atoms with van der Waals surface area (Å²) in [5.74, 6) is -0.281.